The van der Waals surface area contributed by atoms with Gasteiger partial charge in [0.2, 0.25) is 0 Å². The molecule has 0 spiro atoms. The first-order chi connectivity index (χ1) is 8.58. The maximum Gasteiger partial charge on any atom is 0.330 e. The average Bonchev–Trinajstić information content (AvgIpc) is 2.65. The van der Waals surface area contributed by atoms with E-state index in [1.54, 1.807) is 7.11 Å². The number of nitrogens with zero attached hydrogens (tertiary/aromatic N) is 1. The quantitative estimate of drug-likeness (QED) is 0.761. The molecule has 1 aromatic rings. The first-order valence-corrected chi connectivity index (χ1v) is 6.32. The summed E-state index contributed by atoms with van der Waals surface area (Å²) in [6, 6.07) is 1.29. The number of thiol groups is 1. The molecule has 0 amide bonds. The molecule has 1 aromatic heterocycles. The Labute approximate surface area is 109 Å². The van der Waals surface area contributed by atoms with E-state index in [0.717, 1.165) is 0 Å². The highest BCUT2D eigenvalue weighted by Gasteiger charge is 2.42. The second kappa shape index (κ2) is 5.29. The van der Waals surface area contributed by atoms with Gasteiger partial charge in [-0.15, -0.1) is 0 Å². The molecule has 1 aliphatic heterocycles. The highest BCUT2D eigenvalue weighted by atomic mass is 32.1. The van der Waals surface area contributed by atoms with Gasteiger partial charge in [-0.25, -0.2) is 4.79 Å². The molecule has 6 nitrogen and oxygen atoms in total. The van der Waals surface area contributed by atoms with Crippen LogP contribution in [0.3, 0.4) is 0 Å². The third-order valence-corrected chi connectivity index (χ3v) is 3.64. The molecule has 18 heavy (non-hydrogen) atoms. The molecule has 1 fully saturated rings. The van der Waals surface area contributed by atoms with E-state index in [1.165, 1.54) is 16.8 Å². The Balaban J connectivity index is 2.38. The van der Waals surface area contributed by atoms with Crippen molar-refractivity contribution < 1.29 is 9.47 Å². The fourth-order valence-corrected chi connectivity index (χ4v) is 2.66. The number of hydrogen-bond donors (Lipinski definition) is 2. The topological polar surface area (TPSA) is 73.3 Å². The first-order valence-electron chi connectivity index (χ1n) is 5.69. The summed E-state index contributed by atoms with van der Waals surface area (Å²) < 4.78 is 12.5. The van der Waals surface area contributed by atoms with Crippen LogP contribution in [0.1, 0.15) is 13.2 Å². The number of hydrogen-bond acceptors (Lipinski definition) is 5. The van der Waals surface area contributed by atoms with Gasteiger partial charge in [0.1, 0.15) is 6.10 Å². The van der Waals surface area contributed by atoms with E-state index in [1.807, 2.05) is 6.92 Å². The fraction of sp³-hybridized carbons (Fsp3) is 0.636. The van der Waals surface area contributed by atoms with Gasteiger partial charge in [0.15, 0.2) is 6.23 Å². The van der Waals surface area contributed by atoms with E-state index in [4.69, 9.17) is 9.47 Å². The Morgan fingerprint density at radius 3 is 2.83 bits per heavy atom. The molecular formula is C11H16N2O4S. The molecule has 0 saturated carbocycles. The third kappa shape index (κ3) is 2.25. The molecule has 0 aliphatic carbocycles. The van der Waals surface area contributed by atoms with Crippen LogP contribution in [0.15, 0.2) is 21.9 Å². The number of H-pyrrole nitrogens is 1. The zero-order valence-corrected chi connectivity index (χ0v) is 11.1. The Kier molecular flexibility index (Phi) is 3.94. The minimum atomic E-state index is -0.536. The van der Waals surface area contributed by atoms with Crippen molar-refractivity contribution in [3.8, 4) is 0 Å². The number of aromatic amines is 1. The van der Waals surface area contributed by atoms with E-state index < -0.39 is 17.5 Å². The summed E-state index contributed by atoms with van der Waals surface area (Å²) in [5, 5.41) is 0. The minimum Gasteiger partial charge on any atom is -0.376 e. The van der Waals surface area contributed by atoms with E-state index in [-0.39, 0.29) is 18.1 Å². The van der Waals surface area contributed by atoms with Crippen LogP contribution in [0.2, 0.25) is 0 Å². The number of ether oxygens (including phenoxy) is 2. The summed E-state index contributed by atoms with van der Waals surface area (Å²) in [7, 11) is 1.58. The van der Waals surface area contributed by atoms with Gasteiger partial charge >= 0.3 is 5.69 Å². The van der Waals surface area contributed by atoms with Crippen LogP contribution in [0.5, 0.6) is 0 Å². The molecule has 2 rings (SSSR count). The van der Waals surface area contributed by atoms with Gasteiger partial charge in [0.05, 0.1) is 6.10 Å². The molecule has 7 heteroatoms. The van der Waals surface area contributed by atoms with Crippen molar-refractivity contribution >= 4 is 12.6 Å². The van der Waals surface area contributed by atoms with Gasteiger partial charge in [0.25, 0.3) is 5.56 Å². The first kappa shape index (κ1) is 13.4. The predicted molar refractivity (Wildman–Crippen MR) is 69.0 cm³/mol. The predicted octanol–water partition coefficient (Wildman–Crippen LogP) is 0.0149. The summed E-state index contributed by atoms with van der Waals surface area (Å²) in [6.07, 6.45) is 0.560. The van der Waals surface area contributed by atoms with Crippen LogP contribution >= 0.6 is 12.6 Å². The third-order valence-electron chi connectivity index (χ3n) is 3.28. The maximum absolute atomic E-state index is 11.7. The molecule has 1 N–H and O–H groups in total. The number of nitrogens with one attached hydrogen (secondary N) is 1. The van der Waals surface area contributed by atoms with Crippen molar-refractivity contribution in [1.82, 2.24) is 9.55 Å². The zero-order valence-electron chi connectivity index (χ0n) is 10.2. The van der Waals surface area contributed by atoms with Crippen molar-refractivity contribution in [2.75, 3.05) is 12.9 Å². The lowest BCUT2D eigenvalue weighted by Crippen LogP contribution is -2.36. The molecule has 0 aromatic carbocycles. The fourth-order valence-electron chi connectivity index (χ4n) is 2.24. The van der Waals surface area contributed by atoms with Gasteiger partial charge in [-0.05, 0) is 0 Å². The summed E-state index contributed by atoms with van der Waals surface area (Å²) in [5.74, 6) is 0.673. The second-order valence-corrected chi connectivity index (χ2v) is 4.69. The lowest BCUT2D eigenvalue weighted by Gasteiger charge is -2.20. The van der Waals surface area contributed by atoms with E-state index in [0.29, 0.717) is 5.75 Å². The molecule has 4 atom stereocenters. The van der Waals surface area contributed by atoms with Crippen molar-refractivity contribution in [3.63, 3.8) is 0 Å². The van der Waals surface area contributed by atoms with Gasteiger partial charge in [-0.2, -0.15) is 12.6 Å². The number of rotatable bonds is 3. The Morgan fingerprint density at radius 1 is 1.56 bits per heavy atom. The molecule has 0 unspecified atom stereocenters. The number of aromatic nitrogens is 2. The van der Waals surface area contributed by atoms with E-state index in [2.05, 4.69) is 17.6 Å². The highest BCUT2D eigenvalue weighted by Crippen LogP contribution is 2.35. The lowest BCUT2D eigenvalue weighted by atomic mass is 10.0. The van der Waals surface area contributed by atoms with Crippen LogP contribution in [0.25, 0.3) is 0 Å². The van der Waals surface area contributed by atoms with Crippen LogP contribution in [0, 0.1) is 5.92 Å². The van der Waals surface area contributed by atoms with Gasteiger partial charge in [-0.1, -0.05) is 6.92 Å². The molecule has 1 saturated heterocycles. The number of methoxy groups -OCH3 is 1. The van der Waals surface area contributed by atoms with E-state index in [9.17, 15) is 9.59 Å². The Bertz CT molecular complexity index is 526. The standard InChI is InChI=1S/C11H16N2O4S/c1-6-7(5-18)17-10(9(6)16-2)13-4-3-8(14)12-11(13)15/h3-4,6-7,9-10,18H,5H2,1-2H3,(H,12,14,15)/t6-,7-,9-,10-/m1/s1. The smallest absolute Gasteiger partial charge is 0.330 e. The van der Waals surface area contributed by atoms with Gasteiger partial charge < -0.3 is 9.47 Å². The Hall–Kier alpha value is -1.05. The summed E-state index contributed by atoms with van der Waals surface area (Å²) in [4.78, 5) is 25.0. The summed E-state index contributed by atoms with van der Waals surface area (Å²) in [6.45, 7) is 1.99. The average molecular weight is 272 g/mol. The van der Waals surface area contributed by atoms with Crippen molar-refractivity contribution in [1.29, 1.82) is 0 Å². The molecule has 1 aliphatic rings. The largest absolute Gasteiger partial charge is 0.376 e. The van der Waals surface area contributed by atoms with Crippen LogP contribution in [-0.2, 0) is 9.47 Å². The normalized spacial score (nSPS) is 31.7. The van der Waals surface area contributed by atoms with Gasteiger partial charge in [-0.3, -0.25) is 14.3 Å². The van der Waals surface area contributed by atoms with Crippen molar-refractivity contribution in [3.05, 3.63) is 33.1 Å². The SMILES string of the molecule is CO[C@@H]1[C@H](C)[C@@H](CS)O[C@H]1n1ccc(=O)[nH]c1=O. The van der Waals surface area contributed by atoms with Crippen LogP contribution < -0.4 is 11.2 Å². The monoisotopic (exact) mass is 272 g/mol. The van der Waals surface area contributed by atoms with E-state index >= 15 is 0 Å². The van der Waals surface area contributed by atoms with Gasteiger partial charge in [0, 0.05) is 31.0 Å². The Morgan fingerprint density at radius 2 is 2.28 bits per heavy atom. The zero-order chi connectivity index (χ0) is 13.3. The maximum atomic E-state index is 11.7. The minimum absolute atomic E-state index is 0.0814. The summed E-state index contributed by atoms with van der Waals surface area (Å²) >= 11 is 4.22. The second-order valence-electron chi connectivity index (χ2n) is 4.32. The molecule has 0 bridgehead atoms. The lowest BCUT2D eigenvalue weighted by molar-refractivity contribution is -0.0481. The summed E-state index contributed by atoms with van der Waals surface area (Å²) in [5.41, 5.74) is -0.927. The van der Waals surface area contributed by atoms with Crippen LogP contribution in [0.4, 0.5) is 0 Å². The highest BCUT2D eigenvalue weighted by molar-refractivity contribution is 7.80. The van der Waals surface area contributed by atoms with Crippen molar-refractivity contribution in [2.24, 2.45) is 5.92 Å². The van der Waals surface area contributed by atoms with Crippen LogP contribution in [-0.4, -0.2) is 34.6 Å². The molecule has 2 heterocycles. The molecule has 0 radical (unpaired) electrons. The molecular weight excluding hydrogens is 256 g/mol. The molecule has 100 valence electrons. The van der Waals surface area contributed by atoms with Crippen molar-refractivity contribution in [2.45, 2.75) is 25.4 Å².